The number of carbonyl (C=O) groups is 1. The number of aromatic nitrogens is 4. The molecule has 7 nitrogen and oxygen atoms in total. The van der Waals surface area contributed by atoms with Crippen LogP contribution in [0, 0.1) is 13.8 Å². The molecule has 1 aromatic carbocycles. The smallest absolute Gasteiger partial charge is 0.252 e. The summed E-state index contributed by atoms with van der Waals surface area (Å²) in [6.45, 7) is 4.12. The Morgan fingerprint density at radius 2 is 1.96 bits per heavy atom. The van der Waals surface area contributed by atoms with E-state index in [1.807, 2.05) is 66.9 Å². The molecular weight excluding hydrogens is 374 g/mol. The number of pyridine rings is 1. The zero-order chi connectivity index (χ0) is 19.5. The lowest BCUT2D eigenvalue weighted by Crippen LogP contribution is -2.24. The van der Waals surface area contributed by atoms with Crippen LogP contribution >= 0.6 is 11.8 Å². The Kier molecular flexibility index (Phi) is 5.12. The van der Waals surface area contributed by atoms with Crippen LogP contribution in [0.3, 0.4) is 0 Å². The zero-order valence-electron chi connectivity index (χ0n) is 15.5. The van der Waals surface area contributed by atoms with Gasteiger partial charge in [-0.3, -0.25) is 9.20 Å². The van der Waals surface area contributed by atoms with E-state index >= 15 is 0 Å². The lowest BCUT2D eigenvalue weighted by atomic mass is 10.2. The van der Waals surface area contributed by atoms with Gasteiger partial charge in [-0.05, 0) is 38.1 Å². The Balaban J connectivity index is 1.47. The maximum atomic E-state index is 12.8. The van der Waals surface area contributed by atoms with E-state index in [1.165, 1.54) is 0 Å². The summed E-state index contributed by atoms with van der Waals surface area (Å²) in [6, 6.07) is 13.2. The summed E-state index contributed by atoms with van der Waals surface area (Å²) in [4.78, 5) is 13.7. The lowest BCUT2D eigenvalue weighted by Gasteiger charge is -2.09. The summed E-state index contributed by atoms with van der Waals surface area (Å²) in [7, 11) is 0. The highest BCUT2D eigenvalue weighted by Gasteiger charge is 2.15. The van der Waals surface area contributed by atoms with Crippen LogP contribution in [-0.4, -0.2) is 25.7 Å². The molecule has 0 aliphatic heterocycles. The van der Waals surface area contributed by atoms with Crippen molar-refractivity contribution < 1.29 is 9.32 Å². The maximum Gasteiger partial charge on any atom is 0.252 e. The van der Waals surface area contributed by atoms with Crippen molar-refractivity contribution in [3.05, 3.63) is 77.1 Å². The normalized spacial score (nSPS) is 11.1. The third-order valence-electron chi connectivity index (χ3n) is 4.48. The van der Waals surface area contributed by atoms with Crippen molar-refractivity contribution in [2.75, 3.05) is 0 Å². The molecular formula is C20H19N5O2S. The fraction of sp³-hybridized carbons (Fsp3) is 0.200. The fourth-order valence-corrected chi connectivity index (χ4v) is 4.11. The number of thioether (sulfide) groups is 1. The number of aryl methyl sites for hydroxylation is 2. The van der Waals surface area contributed by atoms with Crippen molar-refractivity contribution in [2.45, 2.75) is 31.0 Å². The SMILES string of the molecule is Cc1noc(C)c1CSc1ccccc1C(=O)NCc1nnc2ccccn12. The lowest BCUT2D eigenvalue weighted by molar-refractivity contribution is 0.0947. The van der Waals surface area contributed by atoms with E-state index in [9.17, 15) is 4.79 Å². The van der Waals surface area contributed by atoms with E-state index in [0.29, 0.717) is 23.7 Å². The zero-order valence-corrected chi connectivity index (χ0v) is 16.4. The van der Waals surface area contributed by atoms with E-state index in [0.717, 1.165) is 27.6 Å². The molecule has 0 saturated carbocycles. The molecule has 0 saturated heterocycles. The van der Waals surface area contributed by atoms with Gasteiger partial charge < -0.3 is 9.84 Å². The van der Waals surface area contributed by atoms with Gasteiger partial charge in [0.15, 0.2) is 11.5 Å². The van der Waals surface area contributed by atoms with Crippen LogP contribution < -0.4 is 5.32 Å². The van der Waals surface area contributed by atoms with Gasteiger partial charge in [-0.25, -0.2) is 0 Å². The number of amides is 1. The minimum Gasteiger partial charge on any atom is -0.361 e. The quantitative estimate of drug-likeness (QED) is 0.504. The summed E-state index contributed by atoms with van der Waals surface area (Å²) in [5.41, 5.74) is 3.33. The Bertz CT molecular complexity index is 1120. The first kappa shape index (κ1) is 18.2. The molecule has 4 aromatic rings. The molecule has 3 heterocycles. The predicted octanol–water partition coefficient (Wildman–Crippen LogP) is 3.56. The average molecular weight is 393 g/mol. The largest absolute Gasteiger partial charge is 0.361 e. The van der Waals surface area contributed by atoms with Crippen LogP contribution in [-0.2, 0) is 12.3 Å². The topological polar surface area (TPSA) is 85.3 Å². The summed E-state index contributed by atoms with van der Waals surface area (Å²) < 4.78 is 7.08. The van der Waals surface area contributed by atoms with Crippen molar-refractivity contribution in [3.8, 4) is 0 Å². The molecule has 8 heteroatoms. The van der Waals surface area contributed by atoms with Crippen molar-refractivity contribution in [2.24, 2.45) is 0 Å². The minimum atomic E-state index is -0.144. The third-order valence-corrected chi connectivity index (χ3v) is 5.58. The van der Waals surface area contributed by atoms with E-state index in [4.69, 9.17) is 4.52 Å². The number of rotatable bonds is 6. The summed E-state index contributed by atoms with van der Waals surface area (Å²) in [5.74, 6) is 2.05. The summed E-state index contributed by atoms with van der Waals surface area (Å²) in [6.07, 6.45) is 1.88. The first-order valence-electron chi connectivity index (χ1n) is 8.84. The maximum absolute atomic E-state index is 12.8. The molecule has 1 amide bonds. The molecule has 0 aliphatic carbocycles. The molecule has 142 valence electrons. The molecule has 4 rings (SSSR count). The highest BCUT2D eigenvalue weighted by molar-refractivity contribution is 7.98. The van der Waals surface area contributed by atoms with Crippen LogP contribution in [0.25, 0.3) is 5.65 Å². The molecule has 0 atom stereocenters. The highest BCUT2D eigenvalue weighted by Crippen LogP contribution is 2.28. The number of hydrogen-bond acceptors (Lipinski definition) is 6. The van der Waals surface area contributed by atoms with Gasteiger partial charge in [-0.15, -0.1) is 22.0 Å². The second-order valence-corrected chi connectivity index (χ2v) is 7.33. The van der Waals surface area contributed by atoms with Crippen molar-refractivity contribution in [1.82, 2.24) is 25.1 Å². The van der Waals surface area contributed by atoms with Crippen molar-refractivity contribution in [1.29, 1.82) is 0 Å². The van der Waals surface area contributed by atoms with Crippen molar-refractivity contribution >= 4 is 23.3 Å². The summed E-state index contributed by atoms with van der Waals surface area (Å²) in [5, 5.41) is 15.2. The Morgan fingerprint density at radius 1 is 1.14 bits per heavy atom. The summed E-state index contributed by atoms with van der Waals surface area (Å²) >= 11 is 1.59. The number of hydrogen-bond donors (Lipinski definition) is 1. The Morgan fingerprint density at radius 3 is 2.79 bits per heavy atom. The first-order chi connectivity index (χ1) is 13.6. The molecule has 0 bridgehead atoms. The molecule has 0 radical (unpaired) electrons. The molecule has 0 fully saturated rings. The van der Waals surface area contributed by atoms with E-state index in [2.05, 4.69) is 20.7 Å². The number of nitrogens with one attached hydrogen (secondary N) is 1. The van der Waals surface area contributed by atoms with Crippen LogP contribution in [0.5, 0.6) is 0 Å². The first-order valence-corrected chi connectivity index (χ1v) is 9.82. The van der Waals surface area contributed by atoms with Gasteiger partial charge in [0, 0.05) is 22.4 Å². The molecule has 3 aromatic heterocycles. The van der Waals surface area contributed by atoms with E-state index < -0.39 is 0 Å². The van der Waals surface area contributed by atoms with Gasteiger partial charge in [-0.2, -0.15) is 0 Å². The van der Waals surface area contributed by atoms with Gasteiger partial charge in [-0.1, -0.05) is 23.4 Å². The van der Waals surface area contributed by atoms with Gasteiger partial charge >= 0.3 is 0 Å². The number of benzene rings is 1. The second-order valence-electron chi connectivity index (χ2n) is 6.32. The standard InChI is InChI=1S/C20H19N5O2S/c1-13-16(14(2)27-24-13)12-28-17-8-4-3-7-15(17)20(26)21-11-19-23-22-18-9-5-6-10-25(18)19/h3-10H,11-12H2,1-2H3,(H,21,26). The molecule has 0 spiro atoms. The third kappa shape index (κ3) is 3.63. The Hall–Kier alpha value is -3.13. The fourth-order valence-electron chi connectivity index (χ4n) is 2.90. The Labute approximate surface area is 166 Å². The predicted molar refractivity (Wildman–Crippen MR) is 106 cm³/mol. The second kappa shape index (κ2) is 7.85. The monoisotopic (exact) mass is 393 g/mol. The highest BCUT2D eigenvalue weighted by atomic mass is 32.2. The van der Waals surface area contributed by atoms with Crippen LogP contribution in [0.2, 0.25) is 0 Å². The van der Waals surface area contributed by atoms with Crippen LogP contribution in [0.4, 0.5) is 0 Å². The van der Waals surface area contributed by atoms with E-state index in [1.54, 1.807) is 11.8 Å². The van der Waals surface area contributed by atoms with Crippen LogP contribution in [0.1, 0.15) is 33.2 Å². The molecule has 0 unspecified atom stereocenters. The van der Waals surface area contributed by atoms with E-state index in [-0.39, 0.29) is 5.91 Å². The molecule has 1 N–H and O–H groups in total. The number of nitrogens with zero attached hydrogens (tertiary/aromatic N) is 4. The molecule has 28 heavy (non-hydrogen) atoms. The molecule has 0 aliphatic rings. The van der Waals surface area contributed by atoms with Gasteiger partial charge in [0.1, 0.15) is 5.76 Å². The van der Waals surface area contributed by atoms with Gasteiger partial charge in [0.2, 0.25) is 0 Å². The minimum absolute atomic E-state index is 0.144. The van der Waals surface area contributed by atoms with Crippen LogP contribution in [0.15, 0.2) is 58.1 Å². The van der Waals surface area contributed by atoms with Crippen molar-refractivity contribution in [3.63, 3.8) is 0 Å². The van der Waals surface area contributed by atoms with Gasteiger partial charge in [0.05, 0.1) is 17.8 Å². The van der Waals surface area contributed by atoms with Gasteiger partial charge in [0.25, 0.3) is 5.91 Å². The number of carbonyl (C=O) groups excluding carboxylic acids is 1. The number of fused-ring (bicyclic) bond motifs is 1. The average Bonchev–Trinajstić information content (AvgIpc) is 3.28.